The highest BCUT2D eigenvalue weighted by molar-refractivity contribution is 9.10. The Morgan fingerprint density at radius 3 is 2.47 bits per heavy atom. The second kappa shape index (κ2) is 5.13. The lowest BCUT2D eigenvalue weighted by Crippen LogP contribution is -2.47. The van der Waals surface area contributed by atoms with Gasteiger partial charge in [-0.1, -0.05) is 47.0 Å². The molecule has 1 saturated heterocycles. The van der Waals surface area contributed by atoms with Crippen LogP contribution < -0.4 is 4.90 Å². The van der Waals surface area contributed by atoms with Crippen molar-refractivity contribution >= 4 is 38.5 Å². The number of hydrogen-bond acceptors (Lipinski definition) is 3. The highest BCUT2D eigenvalue weighted by Crippen LogP contribution is 2.51. The number of thioether (sulfide) groups is 1. The minimum absolute atomic E-state index is 0.00993. The molecule has 0 aromatic heterocycles. The molecule has 1 unspecified atom stereocenters. The molecule has 1 heterocycles. The van der Waals surface area contributed by atoms with Gasteiger partial charge in [-0.05, 0) is 44.0 Å². The fourth-order valence-corrected chi connectivity index (χ4v) is 5.06. The number of anilines is 1. The Hall–Kier alpha value is -0.480. The summed E-state index contributed by atoms with van der Waals surface area (Å²) in [6, 6.07) is 8.36. The van der Waals surface area contributed by atoms with E-state index >= 15 is 0 Å². The van der Waals surface area contributed by atoms with Gasteiger partial charge in [0.15, 0.2) is 0 Å². The molecule has 2 fully saturated rings. The largest absolute Gasteiger partial charge is 0.346 e. The molecule has 1 aliphatic carbocycles. The van der Waals surface area contributed by atoms with Crippen LogP contribution in [0, 0.1) is 0 Å². The first kappa shape index (κ1) is 13.5. The summed E-state index contributed by atoms with van der Waals surface area (Å²) in [4.78, 5) is 14.6. The molecule has 1 aromatic rings. The van der Waals surface area contributed by atoms with Gasteiger partial charge in [0.2, 0.25) is 5.12 Å². The van der Waals surface area contributed by atoms with Gasteiger partial charge in [0, 0.05) is 10.2 Å². The average molecular weight is 340 g/mol. The summed E-state index contributed by atoms with van der Waals surface area (Å²) < 4.78 is 1.08. The van der Waals surface area contributed by atoms with Crippen molar-refractivity contribution in [3.05, 3.63) is 28.7 Å². The van der Waals surface area contributed by atoms with Crippen LogP contribution in [0.5, 0.6) is 0 Å². The third kappa shape index (κ3) is 2.33. The molecular weight excluding hydrogens is 322 g/mol. The predicted octanol–water partition coefficient (Wildman–Crippen LogP) is 4.58. The van der Waals surface area contributed by atoms with E-state index in [1.54, 1.807) is 11.8 Å². The van der Waals surface area contributed by atoms with E-state index < -0.39 is 0 Å². The summed E-state index contributed by atoms with van der Waals surface area (Å²) in [7, 11) is 0. The van der Waals surface area contributed by atoms with E-state index in [0.29, 0.717) is 5.12 Å². The molecule has 102 valence electrons. The van der Waals surface area contributed by atoms with Crippen LogP contribution in [0.4, 0.5) is 5.69 Å². The number of hydrogen-bond donors (Lipinski definition) is 0. The molecule has 0 amide bonds. The van der Waals surface area contributed by atoms with Crippen LogP contribution in [0.2, 0.25) is 0 Å². The molecule has 2 nitrogen and oxygen atoms in total. The maximum absolute atomic E-state index is 12.2. The fraction of sp³-hybridized carbons (Fsp3) is 0.533. The van der Waals surface area contributed by atoms with E-state index in [2.05, 4.69) is 45.1 Å². The number of benzene rings is 1. The van der Waals surface area contributed by atoms with E-state index in [1.165, 1.54) is 24.9 Å². The highest BCUT2D eigenvalue weighted by atomic mass is 79.9. The van der Waals surface area contributed by atoms with Gasteiger partial charge in [0.25, 0.3) is 0 Å². The zero-order chi connectivity index (χ0) is 13.5. The first-order valence-electron chi connectivity index (χ1n) is 6.90. The summed E-state index contributed by atoms with van der Waals surface area (Å²) in [5, 5.41) is 0.324. The van der Waals surface area contributed by atoms with Crippen molar-refractivity contribution in [2.24, 2.45) is 0 Å². The number of nitrogens with zero attached hydrogens (tertiary/aromatic N) is 1. The van der Waals surface area contributed by atoms with Crippen molar-refractivity contribution in [2.75, 3.05) is 4.90 Å². The van der Waals surface area contributed by atoms with Gasteiger partial charge >= 0.3 is 0 Å². The molecule has 0 radical (unpaired) electrons. The average Bonchev–Trinajstić information content (AvgIpc) is 2.64. The zero-order valence-electron chi connectivity index (χ0n) is 11.1. The van der Waals surface area contributed by atoms with Crippen molar-refractivity contribution in [1.82, 2.24) is 0 Å². The van der Waals surface area contributed by atoms with Crippen LogP contribution in [-0.4, -0.2) is 16.0 Å². The van der Waals surface area contributed by atoms with E-state index in [-0.39, 0.29) is 10.9 Å². The van der Waals surface area contributed by atoms with E-state index in [4.69, 9.17) is 0 Å². The molecule has 3 rings (SSSR count). The van der Waals surface area contributed by atoms with E-state index in [9.17, 15) is 4.79 Å². The molecular formula is C15H18BrNOS. The Labute approximate surface area is 127 Å². The van der Waals surface area contributed by atoms with Crippen LogP contribution in [0.25, 0.3) is 0 Å². The zero-order valence-corrected chi connectivity index (χ0v) is 13.5. The van der Waals surface area contributed by atoms with Gasteiger partial charge in [-0.2, -0.15) is 0 Å². The summed E-state index contributed by atoms with van der Waals surface area (Å²) in [6.07, 6.45) is 6.03. The number of carbonyl (C=O) groups is 1. The van der Waals surface area contributed by atoms with Crippen molar-refractivity contribution in [2.45, 2.75) is 49.9 Å². The van der Waals surface area contributed by atoms with Gasteiger partial charge in [0.1, 0.15) is 0 Å². The molecule has 1 saturated carbocycles. The van der Waals surface area contributed by atoms with Gasteiger partial charge in [-0.3, -0.25) is 4.79 Å². The smallest absolute Gasteiger partial charge is 0.213 e. The molecule has 1 atom stereocenters. The summed E-state index contributed by atoms with van der Waals surface area (Å²) >= 11 is 5.06. The van der Waals surface area contributed by atoms with Crippen LogP contribution in [0.1, 0.15) is 39.0 Å². The van der Waals surface area contributed by atoms with Crippen molar-refractivity contribution in [3.8, 4) is 0 Å². The molecule has 0 N–H and O–H groups in total. The lowest BCUT2D eigenvalue weighted by Gasteiger charge is -2.42. The lowest BCUT2D eigenvalue weighted by molar-refractivity contribution is -0.111. The van der Waals surface area contributed by atoms with Crippen LogP contribution in [0.15, 0.2) is 28.7 Å². The molecule has 1 aliphatic heterocycles. The number of rotatable bonds is 1. The van der Waals surface area contributed by atoms with Gasteiger partial charge < -0.3 is 4.90 Å². The van der Waals surface area contributed by atoms with Gasteiger partial charge in [-0.25, -0.2) is 0 Å². The second-order valence-electron chi connectivity index (χ2n) is 5.45. The molecule has 1 spiro atoms. The molecule has 2 aliphatic rings. The maximum Gasteiger partial charge on any atom is 0.213 e. The van der Waals surface area contributed by atoms with Gasteiger partial charge in [0.05, 0.1) is 10.9 Å². The minimum atomic E-state index is -0.00993. The molecule has 4 heteroatoms. The van der Waals surface area contributed by atoms with E-state index in [1.807, 2.05) is 6.92 Å². The van der Waals surface area contributed by atoms with E-state index in [0.717, 1.165) is 17.3 Å². The van der Waals surface area contributed by atoms with Crippen LogP contribution in [-0.2, 0) is 4.79 Å². The van der Waals surface area contributed by atoms with Gasteiger partial charge in [-0.15, -0.1) is 0 Å². The standard InChI is InChI=1S/C15H18BrNOS/c1-11-14(18)19-15(9-3-2-4-10-15)17(11)13-7-5-12(16)6-8-13/h5-8,11H,2-4,9-10H2,1H3. The summed E-state index contributed by atoms with van der Waals surface area (Å²) in [5.74, 6) is 0. The first-order valence-corrected chi connectivity index (χ1v) is 8.51. The molecule has 0 bridgehead atoms. The Balaban J connectivity index is 1.99. The predicted molar refractivity (Wildman–Crippen MR) is 84.5 cm³/mol. The molecule has 19 heavy (non-hydrogen) atoms. The SMILES string of the molecule is CC1C(=O)SC2(CCCCC2)N1c1ccc(Br)cc1. The lowest BCUT2D eigenvalue weighted by atomic mass is 9.92. The summed E-state index contributed by atoms with van der Waals surface area (Å²) in [6.45, 7) is 2.04. The second-order valence-corrected chi connectivity index (χ2v) is 7.73. The first-order chi connectivity index (χ1) is 9.12. The monoisotopic (exact) mass is 339 g/mol. The Morgan fingerprint density at radius 2 is 1.84 bits per heavy atom. The third-order valence-corrected chi connectivity index (χ3v) is 6.25. The minimum Gasteiger partial charge on any atom is -0.346 e. The number of carbonyl (C=O) groups excluding carboxylic acids is 1. The normalized spacial score (nSPS) is 26.1. The van der Waals surface area contributed by atoms with Crippen molar-refractivity contribution in [3.63, 3.8) is 0 Å². The Bertz CT molecular complexity index is 481. The third-order valence-electron chi connectivity index (χ3n) is 4.20. The fourth-order valence-electron chi connectivity index (χ4n) is 3.29. The summed E-state index contributed by atoms with van der Waals surface area (Å²) in [5.41, 5.74) is 1.18. The Morgan fingerprint density at radius 1 is 1.21 bits per heavy atom. The van der Waals surface area contributed by atoms with Crippen molar-refractivity contribution in [1.29, 1.82) is 0 Å². The van der Waals surface area contributed by atoms with Crippen LogP contribution in [0.3, 0.4) is 0 Å². The highest BCUT2D eigenvalue weighted by Gasteiger charge is 2.50. The topological polar surface area (TPSA) is 20.3 Å². The Kier molecular flexibility index (Phi) is 3.65. The maximum atomic E-state index is 12.2. The molecule has 1 aromatic carbocycles. The van der Waals surface area contributed by atoms with Crippen LogP contribution >= 0.6 is 27.7 Å². The quantitative estimate of drug-likeness (QED) is 0.746. The van der Waals surface area contributed by atoms with Crippen molar-refractivity contribution < 1.29 is 4.79 Å². The number of halogens is 1.